The summed E-state index contributed by atoms with van der Waals surface area (Å²) in [5.41, 5.74) is 5.52. The molecule has 35 heavy (non-hydrogen) atoms. The highest BCUT2D eigenvalue weighted by Gasteiger charge is 2.44. The second-order valence-electron chi connectivity index (χ2n) is 8.78. The number of nitrogens with zero attached hydrogens (tertiary/aromatic N) is 5. The van der Waals surface area contributed by atoms with Crippen LogP contribution >= 0.6 is 0 Å². The molecular formula is C27H32FN5O2. The Morgan fingerprint density at radius 2 is 2.00 bits per heavy atom. The molecule has 3 aliphatic heterocycles. The fourth-order valence-corrected chi connectivity index (χ4v) is 4.67. The lowest BCUT2D eigenvalue weighted by Gasteiger charge is -2.30. The molecule has 7 nitrogen and oxygen atoms in total. The minimum absolute atomic E-state index is 0.129. The van der Waals surface area contributed by atoms with Gasteiger partial charge in [-0.25, -0.2) is 14.4 Å². The molecule has 0 bridgehead atoms. The number of hydrogen-bond donors (Lipinski definition) is 0. The maximum absolute atomic E-state index is 13.3. The second-order valence-corrected chi connectivity index (χ2v) is 8.78. The van der Waals surface area contributed by atoms with Gasteiger partial charge in [0.05, 0.1) is 30.2 Å². The van der Waals surface area contributed by atoms with Crippen LogP contribution in [0.15, 0.2) is 68.2 Å². The lowest BCUT2D eigenvalue weighted by Crippen LogP contribution is -2.29. The molecule has 1 aromatic heterocycles. The van der Waals surface area contributed by atoms with E-state index in [0.29, 0.717) is 37.1 Å². The van der Waals surface area contributed by atoms with Crippen molar-refractivity contribution in [3.05, 3.63) is 76.8 Å². The number of aliphatic imine (C=N–C) groups is 2. The molecule has 2 aromatic rings. The molecule has 1 saturated heterocycles. The summed E-state index contributed by atoms with van der Waals surface area (Å²) < 4.78 is 25.0. The molecule has 0 spiro atoms. The Kier molecular flexibility index (Phi) is 7.43. The van der Waals surface area contributed by atoms with E-state index in [4.69, 9.17) is 14.2 Å². The molecule has 1 fully saturated rings. The Labute approximate surface area is 205 Å². The van der Waals surface area contributed by atoms with Crippen molar-refractivity contribution < 1.29 is 13.7 Å². The van der Waals surface area contributed by atoms with Gasteiger partial charge >= 0.3 is 0 Å². The van der Waals surface area contributed by atoms with Gasteiger partial charge in [-0.05, 0) is 42.9 Å². The summed E-state index contributed by atoms with van der Waals surface area (Å²) in [6, 6.07) is 6.46. The average molecular weight is 478 g/mol. The molecule has 8 heteroatoms. The van der Waals surface area contributed by atoms with Crippen molar-refractivity contribution in [1.82, 2.24) is 15.0 Å². The number of allylic oxidation sites excluding steroid dienone is 1. The molecular weight excluding hydrogens is 445 g/mol. The predicted octanol–water partition coefficient (Wildman–Crippen LogP) is 5.88. The first kappa shape index (κ1) is 24.8. The van der Waals surface area contributed by atoms with Gasteiger partial charge in [-0.15, -0.1) is 5.73 Å². The van der Waals surface area contributed by atoms with Crippen LogP contribution in [-0.2, 0) is 16.7 Å². The summed E-state index contributed by atoms with van der Waals surface area (Å²) >= 11 is 0. The third kappa shape index (κ3) is 4.77. The summed E-state index contributed by atoms with van der Waals surface area (Å²) in [5, 5.41) is 4.32. The normalized spacial score (nSPS) is 25.3. The smallest absolute Gasteiger partial charge is 0.246 e. The van der Waals surface area contributed by atoms with Crippen molar-refractivity contribution >= 4 is 12.6 Å². The van der Waals surface area contributed by atoms with E-state index in [1.165, 1.54) is 12.1 Å². The van der Waals surface area contributed by atoms with Gasteiger partial charge in [0.25, 0.3) is 0 Å². The summed E-state index contributed by atoms with van der Waals surface area (Å²) in [6.07, 6.45) is 5.85. The van der Waals surface area contributed by atoms with Crippen LogP contribution in [-0.4, -0.2) is 34.2 Å². The maximum atomic E-state index is 13.3. The number of ether oxygens (including phenoxy) is 1. The fourth-order valence-electron chi connectivity index (χ4n) is 4.67. The lowest BCUT2D eigenvalue weighted by atomic mass is 9.81. The second kappa shape index (κ2) is 10.5. The third-order valence-corrected chi connectivity index (χ3v) is 6.74. The van der Waals surface area contributed by atoms with Gasteiger partial charge in [0.15, 0.2) is 11.6 Å². The van der Waals surface area contributed by atoms with Crippen LogP contribution in [0.5, 0.6) is 0 Å². The zero-order valence-electron chi connectivity index (χ0n) is 20.8. The molecule has 1 aromatic carbocycles. The van der Waals surface area contributed by atoms with Crippen LogP contribution < -0.4 is 0 Å². The van der Waals surface area contributed by atoms with Gasteiger partial charge in [-0.3, -0.25) is 0 Å². The van der Waals surface area contributed by atoms with E-state index in [9.17, 15) is 4.39 Å². The minimum atomic E-state index is -0.351. The monoisotopic (exact) mass is 477 g/mol. The van der Waals surface area contributed by atoms with Crippen LogP contribution in [0.2, 0.25) is 0 Å². The zero-order chi connectivity index (χ0) is 25.0. The van der Waals surface area contributed by atoms with Crippen LogP contribution in [0.3, 0.4) is 0 Å². The molecule has 0 saturated carbocycles. The molecule has 0 amide bonds. The SMILES string of the molecule is C=C=C1C2=C(N=CCC2C)N=CN1Cc1nc([C@]2(CC)CO[C@@H](c3ccc(F)cc3)C2)no1.CC. The summed E-state index contributed by atoms with van der Waals surface area (Å²) in [6.45, 7) is 13.0. The van der Waals surface area contributed by atoms with E-state index < -0.39 is 0 Å². The largest absolute Gasteiger partial charge is 0.372 e. The van der Waals surface area contributed by atoms with Crippen LogP contribution in [0.1, 0.15) is 70.3 Å². The molecule has 0 radical (unpaired) electrons. The van der Waals surface area contributed by atoms with Gasteiger partial charge in [0.2, 0.25) is 5.89 Å². The Bertz CT molecular complexity index is 1190. The fraction of sp³-hybridized carbons (Fsp3) is 0.444. The van der Waals surface area contributed by atoms with E-state index in [1.54, 1.807) is 18.5 Å². The maximum Gasteiger partial charge on any atom is 0.246 e. The van der Waals surface area contributed by atoms with Crippen LogP contribution in [0.4, 0.5) is 4.39 Å². The number of rotatable bonds is 5. The highest BCUT2D eigenvalue weighted by atomic mass is 19.1. The van der Waals surface area contributed by atoms with Gasteiger partial charge in [-0.2, -0.15) is 4.98 Å². The molecule has 184 valence electrons. The van der Waals surface area contributed by atoms with Gasteiger partial charge < -0.3 is 14.2 Å². The summed E-state index contributed by atoms with van der Waals surface area (Å²) in [5.74, 6) is 1.86. The Morgan fingerprint density at radius 1 is 1.23 bits per heavy atom. The number of benzene rings is 1. The number of aromatic nitrogens is 2. The van der Waals surface area contributed by atoms with Gasteiger partial charge in [0.1, 0.15) is 12.4 Å². The Balaban J connectivity index is 0.00000141. The molecule has 3 aliphatic rings. The van der Waals surface area contributed by atoms with Crippen molar-refractivity contribution in [2.24, 2.45) is 15.9 Å². The standard InChI is InChI=1S/C25H26FN5O2.C2H6/c1-4-19-22-16(3)10-11-27-23(22)28-15-31(19)13-21-29-24(30-33-21)25(5-2)12-20(32-14-25)17-6-8-18(26)9-7-17;1-2/h6-9,11,15-16,20H,1,5,10,12-14H2,2-3H3;1-2H3/t16?,20-,25+;/m1./s1. The number of hydrogen-bond acceptors (Lipinski definition) is 7. The first-order valence-electron chi connectivity index (χ1n) is 12.2. The predicted molar refractivity (Wildman–Crippen MR) is 133 cm³/mol. The van der Waals surface area contributed by atoms with Crippen molar-refractivity contribution in [1.29, 1.82) is 0 Å². The molecule has 0 aliphatic carbocycles. The quantitative estimate of drug-likeness (QED) is 0.503. The third-order valence-electron chi connectivity index (χ3n) is 6.74. The highest BCUT2D eigenvalue weighted by molar-refractivity contribution is 5.71. The van der Waals surface area contributed by atoms with Crippen molar-refractivity contribution in [3.8, 4) is 0 Å². The average Bonchev–Trinajstić information content (AvgIpc) is 3.54. The number of halogens is 1. The molecule has 5 rings (SSSR count). The van der Waals surface area contributed by atoms with Crippen LogP contribution in [0.25, 0.3) is 0 Å². The Hall–Kier alpha value is -3.35. The molecule has 1 unspecified atom stereocenters. The first-order chi connectivity index (χ1) is 17.0. The summed E-state index contributed by atoms with van der Waals surface area (Å²) in [7, 11) is 0. The van der Waals surface area contributed by atoms with Crippen molar-refractivity contribution in [2.45, 2.75) is 65.0 Å². The van der Waals surface area contributed by atoms with E-state index in [1.807, 2.05) is 25.0 Å². The summed E-state index contributed by atoms with van der Waals surface area (Å²) in [4.78, 5) is 15.6. The van der Waals surface area contributed by atoms with E-state index >= 15 is 0 Å². The topological polar surface area (TPSA) is 76.1 Å². The molecule has 4 heterocycles. The van der Waals surface area contributed by atoms with Gasteiger partial charge in [0, 0.05) is 11.8 Å². The minimum Gasteiger partial charge on any atom is -0.372 e. The van der Waals surface area contributed by atoms with E-state index in [2.05, 4.69) is 41.3 Å². The molecule has 0 N–H and O–H groups in total. The van der Waals surface area contributed by atoms with Gasteiger partial charge in [-0.1, -0.05) is 51.6 Å². The first-order valence-corrected chi connectivity index (χ1v) is 12.2. The lowest BCUT2D eigenvalue weighted by molar-refractivity contribution is 0.103. The van der Waals surface area contributed by atoms with E-state index in [-0.39, 0.29) is 23.3 Å². The molecule has 3 atom stereocenters. The zero-order valence-corrected chi connectivity index (χ0v) is 20.8. The Morgan fingerprint density at radius 3 is 2.71 bits per heavy atom. The highest BCUT2D eigenvalue weighted by Crippen LogP contribution is 2.44. The van der Waals surface area contributed by atoms with Crippen molar-refractivity contribution in [3.63, 3.8) is 0 Å². The van der Waals surface area contributed by atoms with Crippen LogP contribution in [0, 0.1) is 11.7 Å². The van der Waals surface area contributed by atoms with Crippen molar-refractivity contribution in [2.75, 3.05) is 6.61 Å². The van der Waals surface area contributed by atoms with E-state index in [0.717, 1.165) is 29.7 Å².